The zero-order chi connectivity index (χ0) is 7.44. The minimum atomic E-state index is -1.57. The molecule has 4 heteroatoms. The number of rotatable bonds is 3. The molecule has 0 saturated carbocycles. The molecule has 0 spiro atoms. The van der Waals surface area contributed by atoms with E-state index in [2.05, 4.69) is 0 Å². The summed E-state index contributed by atoms with van der Waals surface area (Å²) in [5.41, 5.74) is 0. The quantitative estimate of drug-likeness (QED) is 0.362. The molecule has 0 saturated heterocycles. The molecule has 0 aromatic carbocycles. The minimum Gasteiger partial charge on any atom is -0.390 e. The molecule has 0 aliphatic heterocycles. The lowest BCUT2D eigenvalue weighted by atomic mass is 10.2. The normalized spacial score (nSPS) is 16.3. The van der Waals surface area contributed by atoms with Crippen LogP contribution in [0.2, 0.25) is 0 Å². The Kier molecular flexibility index (Phi) is 3.05. The number of aldehydes is 1. The molecule has 2 atom stereocenters. The Labute approximate surface area is 52.1 Å². The number of ketones is 1. The van der Waals surface area contributed by atoms with Gasteiger partial charge in [0, 0.05) is 0 Å². The third-order valence-corrected chi connectivity index (χ3v) is 0.865. The topological polar surface area (TPSA) is 74.6 Å². The molecule has 0 amide bonds. The predicted molar refractivity (Wildman–Crippen MR) is 28.8 cm³/mol. The molecule has 0 aromatic rings. The number of hydrogen-bond acceptors (Lipinski definition) is 4. The van der Waals surface area contributed by atoms with Crippen LogP contribution in [0.15, 0.2) is 0 Å². The van der Waals surface area contributed by atoms with E-state index < -0.39 is 18.0 Å². The summed E-state index contributed by atoms with van der Waals surface area (Å²) in [6, 6.07) is 0. The van der Waals surface area contributed by atoms with Crippen LogP contribution in [-0.4, -0.2) is 34.5 Å². The fraction of sp³-hybridized carbons (Fsp3) is 0.600. The number of aliphatic hydroxyl groups excluding tert-OH is 2. The summed E-state index contributed by atoms with van der Waals surface area (Å²) in [5, 5.41) is 17.1. The third kappa shape index (κ3) is 2.34. The van der Waals surface area contributed by atoms with Crippen molar-refractivity contribution < 1.29 is 19.8 Å². The Balaban J connectivity index is 3.87. The van der Waals surface area contributed by atoms with Crippen molar-refractivity contribution in [3.05, 3.63) is 0 Å². The summed E-state index contributed by atoms with van der Waals surface area (Å²) >= 11 is 0. The molecule has 4 nitrogen and oxygen atoms in total. The fourth-order valence-electron chi connectivity index (χ4n) is 0.307. The van der Waals surface area contributed by atoms with Crippen molar-refractivity contribution in [2.75, 3.05) is 0 Å². The van der Waals surface area contributed by atoms with Crippen LogP contribution >= 0.6 is 0 Å². The zero-order valence-electron chi connectivity index (χ0n) is 4.94. The third-order valence-electron chi connectivity index (χ3n) is 0.865. The van der Waals surface area contributed by atoms with Gasteiger partial charge in [-0.3, -0.25) is 9.59 Å². The standard InChI is InChI=1S/C5H8O4/c1-3(7)5(9)4(8)2-6/h2-3,5,7,9H,1H3/t3-,5-/m0/s1. The van der Waals surface area contributed by atoms with Gasteiger partial charge in [0.2, 0.25) is 5.78 Å². The first-order chi connectivity index (χ1) is 4.09. The average molecular weight is 132 g/mol. The summed E-state index contributed by atoms with van der Waals surface area (Å²) in [6.45, 7) is 1.23. The molecule has 0 unspecified atom stereocenters. The smallest absolute Gasteiger partial charge is 0.226 e. The van der Waals surface area contributed by atoms with E-state index in [1.54, 1.807) is 0 Å². The molecule has 0 fully saturated rings. The summed E-state index contributed by atoms with van der Waals surface area (Å²) in [6.07, 6.45) is -2.76. The fourth-order valence-corrected chi connectivity index (χ4v) is 0.307. The maximum absolute atomic E-state index is 10.2. The van der Waals surface area contributed by atoms with Crippen molar-refractivity contribution in [2.45, 2.75) is 19.1 Å². The second-order valence-corrected chi connectivity index (χ2v) is 1.71. The maximum Gasteiger partial charge on any atom is 0.226 e. The largest absolute Gasteiger partial charge is 0.390 e. The van der Waals surface area contributed by atoms with E-state index in [9.17, 15) is 9.59 Å². The van der Waals surface area contributed by atoms with Gasteiger partial charge in [-0.05, 0) is 6.92 Å². The van der Waals surface area contributed by atoms with Gasteiger partial charge < -0.3 is 10.2 Å². The lowest BCUT2D eigenvalue weighted by Gasteiger charge is -2.06. The maximum atomic E-state index is 10.2. The van der Waals surface area contributed by atoms with Crippen LogP contribution in [-0.2, 0) is 9.59 Å². The lowest BCUT2D eigenvalue weighted by Crippen LogP contribution is -2.32. The highest BCUT2D eigenvalue weighted by atomic mass is 16.3. The Morgan fingerprint density at radius 2 is 2.00 bits per heavy atom. The molecule has 0 aliphatic carbocycles. The number of Topliss-reactive ketones (excluding diaryl/α,β-unsaturated/α-hetero) is 1. The van der Waals surface area contributed by atoms with Gasteiger partial charge in [-0.15, -0.1) is 0 Å². The monoisotopic (exact) mass is 132 g/mol. The highest BCUT2D eigenvalue weighted by Crippen LogP contribution is 1.90. The van der Waals surface area contributed by atoms with E-state index in [-0.39, 0.29) is 6.29 Å². The van der Waals surface area contributed by atoms with Crippen LogP contribution in [0.25, 0.3) is 0 Å². The first-order valence-corrected chi connectivity index (χ1v) is 2.44. The Hall–Kier alpha value is -0.740. The highest BCUT2D eigenvalue weighted by molar-refractivity contribution is 6.27. The van der Waals surface area contributed by atoms with E-state index >= 15 is 0 Å². The van der Waals surface area contributed by atoms with Crippen LogP contribution in [0.4, 0.5) is 0 Å². The van der Waals surface area contributed by atoms with Gasteiger partial charge in [-0.1, -0.05) is 0 Å². The Bertz CT molecular complexity index is 118. The number of carbonyl (C=O) groups is 2. The molecule has 2 N–H and O–H groups in total. The van der Waals surface area contributed by atoms with Crippen molar-refractivity contribution in [3.63, 3.8) is 0 Å². The second-order valence-electron chi connectivity index (χ2n) is 1.71. The molecule has 52 valence electrons. The van der Waals surface area contributed by atoms with Gasteiger partial charge in [0.25, 0.3) is 0 Å². The average Bonchev–Trinajstić information content (AvgIpc) is 1.84. The van der Waals surface area contributed by atoms with Crippen molar-refractivity contribution in [1.82, 2.24) is 0 Å². The van der Waals surface area contributed by atoms with Gasteiger partial charge in [0.1, 0.15) is 6.10 Å². The lowest BCUT2D eigenvalue weighted by molar-refractivity contribution is -0.139. The summed E-state index contributed by atoms with van der Waals surface area (Å²) in [7, 11) is 0. The SMILES string of the molecule is C[C@H](O)[C@H](O)C(=O)C=O. The molecular formula is C5H8O4. The van der Waals surface area contributed by atoms with Crippen molar-refractivity contribution in [1.29, 1.82) is 0 Å². The number of aliphatic hydroxyl groups is 2. The van der Waals surface area contributed by atoms with Gasteiger partial charge >= 0.3 is 0 Å². The van der Waals surface area contributed by atoms with Gasteiger partial charge in [-0.25, -0.2) is 0 Å². The first kappa shape index (κ1) is 8.26. The summed E-state index contributed by atoms with van der Waals surface area (Å²) in [4.78, 5) is 19.8. The predicted octanol–water partition coefficient (Wildman–Crippen LogP) is -1.50. The highest BCUT2D eigenvalue weighted by Gasteiger charge is 2.18. The summed E-state index contributed by atoms with van der Waals surface area (Å²) < 4.78 is 0. The van der Waals surface area contributed by atoms with Crippen molar-refractivity contribution in [3.8, 4) is 0 Å². The first-order valence-electron chi connectivity index (χ1n) is 2.44. The van der Waals surface area contributed by atoms with Crippen LogP contribution < -0.4 is 0 Å². The molecule has 0 aromatic heterocycles. The Morgan fingerprint density at radius 3 is 2.11 bits per heavy atom. The van der Waals surface area contributed by atoms with E-state index in [0.717, 1.165) is 0 Å². The molecule has 0 radical (unpaired) electrons. The van der Waals surface area contributed by atoms with Crippen molar-refractivity contribution >= 4 is 12.1 Å². The van der Waals surface area contributed by atoms with E-state index in [1.807, 2.05) is 0 Å². The molecule has 0 bridgehead atoms. The minimum absolute atomic E-state index is 0.0165. The van der Waals surface area contributed by atoms with Crippen LogP contribution in [0.5, 0.6) is 0 Å². The van der Waals surface area contributed by atoms with Crippen LogP contribution in [0.3, 0.4) is 0 Å². The molecule has 0 aliphatic rings. The van der Waals surface area contributed by atoms with Gasteiger partial charge in [-0.2, -0.15) is 0 Å². The second kappa shape index (κ2) is 3.32. The number of carbonyl (C=O) groups excluding carboxylic acids is 2. The summed E-state index contributed by atoms with van der Waals surface area (Å²) in [5.74, 6) is -0.995. The van der Waals surface area contributed by atoms with Crippen LogP contribution in [0, 0.1) is 0 Å². The molecule has 9 heavy (non-hydrogen) atoms. The van der Waals surface area contributed by atoms with Crippen molar-refractivity contribution in [2.24, 2.45) is 0 Å². The van der Waals surface area contributed by atoms with E-state index in [4.69, 9.17) is 10.2 Å². The number of hydrogen-bond donors (Lipinski definition) is 2. The van der Waals surface area contributed by atoms with Gasteiger partial charge in [0.15, 0.2) is 6.29 Å². The molecule has 0 heterocycles. The van der Waals surface area contributed by atoms with Gasteiger partial charge in [0.05, 0.1) is 6.10 Å². The van der Waals surface area contributed by atoms with Crippen LogP contribution in [0.1, 0.15) is 6.92 Å². The van der Waals surface area contributed by atoms with E-state index in [1.165, 1.54) is 6.92 Å². The van der Waals surface area contributed by atoms with E-state index in [0.29, 0.717) is 0 Å². The zero-order valence-corrected chi connectivity index (χ0v) is 4.94. The molecule has 0 rings (SSSR count). The Morgan fingerprint density at radius 1 is 1.56 bits per heavy atom. The molecular weight excluding hydrogens is 124 g/mol.